The van der Waals surface area contributed by atoms with Gasteiger partial charge in [-0.15, -0.1) is 11.3 Å². The van der Waals surface area contributed by atoms with Gasteiger partial charge in [-0.2, -0.15) is 0 Å². The molecule has 0 radical (unpaired) electrons. The molecular weight excluding hydrogens is 709 g/mol. The summed E-state index contributed by atoms with van der Waals surface area (Å²) in [5.74, 6) is 0. The normalized spacial score (nSPS) is 13.3. The van der Waals surface area contributed by atoms with Crippen LogP contribution in [0.3, 0.4) is 0 Å². The highest BCUT2D eigenvalue weighted by Gasteiger charge is 2.16. The van der Waals surface area contributed by atoms with Gasteiger partial charge in [-0.3, -0.25) is 4.98 Å². The molecule has 57 heavy (non-hydrogen) atoms. The molecular formula is C54H34N2S. The van der Waals surface area contributed by atoms with E-state index in [0.29, 0.717) is 0 Å². The molecule has 0 fully saturated rings. The van der Waals surface area contributed by atoms with E-state index in [1.165, 1.54) is 91.5 Å². The molecule has 0 aliphatic heterocycles. The molecule has 12 rings (SSSR count). The summed E-state index contributed by atoms with van der Waals surface area (Å²) < 4.78 is 2.69. The number of hydrogen-bond acceptors (Lipinski definition) is 3. The molecule has 1 aliphatic rings. The van der Waals surface area contributed by atoms with Crippen molar-refractivity contribution in [3.63, 3.8) is 0 Å². The van der Waals surface area contributed by atoms with Crippen molar-refractivity contribution in [1.82, 2.24) is 9.97 Å². The van der Waals surface area contributed by atoms with E-state index >= 15 is 0 Å². The number of rotatable bonds is 4. The standard InChI is InChI=1S/C54H34N2S/c1-3-14-47-44(11-1)45-12-2-4-15-48(45)53-52(47)55-32-50(56-53)42-10-7-9-33(31-42)34-19-20-36-28-37(22-21-35(36)27-34)38-23-24-40-30-41(26-25-39(40)29-38)43-16-8-17-49-46-13-5-6-18-51(46)57-54(43)49/h1-6,8-9,11-32H,7,10H2. The van der Waals surface area contributed by atoms with Gasteiger partial charge in [0.25, 0.3) is 0 Å². The zero-order chi connectivity index (χ0) is 37.5. The quantitative estimate of drug-likeness (QED) is 0.168. The third-order valence-corrected chi connectivity index (χ3v) is 13.1. The largest absolute Gasteiger partial charge is 0.252 e. The summed E-state index contributed by atoms with van der Waals surface area (Å²) >= 11 is 1.89. The maximum Gasteiger partial charge on any atom is 0.0979 e. The molecule has 1 aliphatic carbocycles. The van der Waals surface area contributed by atoms with Crippen LogP contribution in [0.2, 0.25) is 0 Å². The average Bonchev–Trinajstić information content (AvgIpc) is 3.67. The van der Waals surface area contributed by atoms with Gasteiger partial charge in [-0.1, -0.05) is 140 Å². The highest BCUT2D eigenvalue weighted by Crippen LogP contribution is 2.41. The minimum Gasteiger partial charge on any atom is -0.252 e. The first-order chi connectivity index (χ1) is 28.2. The van der Waals surface area contributed by atoms with Crippen LogP contribution in [-0.2, 0) is 0 Å². The molecule has 266 valence electrons. The lowest BCUT2D eigenvalue weighted by atomic mass is 9.91. The Hall–Kier alpha value is -6.94. The molecule has 0 unspecified atom stereocenters. The van der Waals surface area contributed by atoms with Crippen LogP contribution < -0.4 is 0 Å². The summed E-state index contributed by atoms with van der Waals surface area (Å²) in [4.78, 5) is 10.3. The van der Waals surface area contributed by atoms with Crippen molar-refractivity contribution >= 4 is 96.8 Å². The van der Waals surface area contributed by atoms with Crippen molar-refractivity contribution < 1.29 is 0 Å². The number of allylic oxidation sites excluding steroid dienone is 4. The monoisotopic (exact) mass is 742 g/mol. The summed E-state index contributed by atoms with van der Waals surface area (Å²) in [5.41, 5.74) is 11.6. The lowest BCUT2D eigenvalue weighted by Crippen LogP contribution is -1.98. The van der Waals surface area contributed by atoms with Crippen LogP contribution in [0.4, 0.5) is 0 Å². The van der Waals surface area contributed by atoms with Crippen molar-refractivity contribution in [2.45, 2.75) is 12.8 Å². The SMILES string of the molecule is C1=C(c2ccc3cc(-c4ccc5cc(-c6cccc7c6sc6ccccc67)ccc5c4)ccc3c2)C=C(c2cnc3c4ccccc4c4ccccc4c3n2)CC1. The van der Waals surface area contributed by atoms with Crippen LogP contribution >= 0.6 is 11.3 Å². The first-order valence-corrected chi connectivity index (χ1v) is 20.5. The maximum atomic E-state index is 5.29. The van der Waals surface area contributed by atoms with Crippen molar-refractivity contribution in [3.05, 3.63) is 193 Å². The lowest BCUT2D eigenvalue weighted by Gasteiger charge is -2.16. The fourth-order valence-corrected chi connectivity index (χ4v) is 10.3. The molecule has 0 spiro atoms. The van der Waals surface area contributed by atoms with Gasteiger partial charge in [0.15, 0.2) is 0 Å². The second-order valence-electron chi connectivity index (χ2n) is 15.2. The highest BCUT2D eigenvalue weighted by molar-refractivity contribution is 7.26. The van der Waals surface area contributed by atoms with E-state index in [-0.39, 0.29) is 0 Å². The van der Waals surface area contributed by atoms with Crippen LogP contribution in [0.15, 0.2) is 182 Å². The van der Waals surface area contributed by atoms with E-state index in [2.05, 4.69) is 176 Å². The minimum absolute atomic E-state index is 0.946. The van der Waals surface area contributed by atoms with Gasteiger partial charge in [0, 0.05) is 30.9 Å². The predicted molar refractivity (Wildman–Crippen MR) is 245 cm³/mol. The van der Waals surface area contributed by atoms with Crippen LogP contribution in [-0.4, -0.2) is 9.97 Å². The molecule has 0 saturated heterocycles. The van der Waals surface area contributed by atoms with E-state index < -0.39 is 0 Å². The Labute approximate surface area is 333 Å². The van der Waals surface area contributed by atoms with Crippen LogP contribution in [0, 0.1) is 0 Å². The Balaban J connectivity index is 0.847. The number of thiophene rings is 1. The van der Waals surface area contributed by atoms with E-state index in [1.54, 1.807) is 0 Å². The van der Waals surface area contributed by atoms with Gasteiger partial charge in [0.05, 0.1) is 22.9 Å². The Bertz CT molecular complexity index is 3500. The summed E-state index contributed by atoms with van der Waals surface area (Å²) in [5, 5.41) is 12.4. The van der Waals surface area contributed by atoms with Gasteiger partial charge in [0.2, 0.25) is 0 Å². The van der Waals surface area contributed by atoms with Gasteiger partial charge in [0.1, 0.15) is 0 Å². The van der Waals surface area contributed by atoms with Crippen LogP contribution in [0.5, 0.6) is 0 Å². The first kappa shape index (κ1) is 32.3. The summed E-state index contributed by atoms with van der Waals surface area (Å²) in [6.07, 6.45) is 8.57. The molecule has 0 saturated carbocycles. The number of aromatic nitrogens is 2. The van der Waals surface area contributed by atoms with Crippen molar-refractivity contribution in [2.24, 2.45) is 0 Å². The zero-order valence-corrected chi connectivity index (χ0v) is 31.9. The predicted octanol–water partition coefficient (Wildman–Crippen LogP) is 15.2. The van der Waals surface area contributed by atoms with E-state index in [9.17, 15) is 0 Å². The molecule has 0 N–H and O–H groups in total. The third-order valence-electron chi connectivity index (χ3n) is 11.9. The molecule has 11 aromatic rings. The van der Waals surface area contributed by atoms with Crippen molar-refractivity contribution in [3.8, 4) is 22.3 Å². The lowest BCUT2D eigenvalue weighted by molar-refractivity contribution is 1.04. The Morgan fingerprint density at radius 1 is 0.456 bits per heavy atom. The first-order valence-electron chi connectivity index (χ1n) is 19.7. The zero-order valence-electron chi connectivity index (χ0n) is 31.0. The molecule has 2 nitrogen and oxygen atoms in total. The Kier molecular flexibility index (Phi) is 7.26. The summed E-state index contributed by atoms with van der Waals surface area (Å²) in [6, 6.07) is 60.0. The maximum absolute atomic E-state index is 5.29. The van der Waals surface area contributed by atoms with Crippen molar-refractivity contribution in [1.29, 1.82) is 0 Å². The number of nitrogens with zero attached hydrogens (tertiary/aromatic N) is 2. The van der Waals surface area contributed by atoms with Gasteiger partial charge in [-0.25, -0.2) is 4.98 Å². The van der Waals surface area contributed by atoms with Crippen LogP contribution in [0.1, 0.15) is 24.1 Å². The summed E-state index contributed by atoms with van der Waals surface area (Å²) in [6.45, 7) is 0. The molecule has 0 bridgehead atoms. The van der Waals surface area contributed by atoms with E-state index in [1.807, 2.05) is 17.5 Å². The van der Waals surface area contributed by atoms with Crippen LogP contribution in [0.25, 0.3) is 108 Å². The fraction of sp³-hybridized carbons (Fsp3) is 0.0370. The molecule has 9 aromatic carbocycles. The molecule has 2 heterocycles. The van der Waals surface area contributed by atoms with Gasteiger partial charge >= 0.3 is 0 Å². The topological polar surface area (TPSA) is 25.8 Å². The van der Waals surface area contributed by atoms with Crippen molar-refractivity contribution in [2.75, 3.05) is 0 Å². The Morgan fingerprint density at radius 2 is 1.02 bits per heavy atom. The molecule has 2 aromatic heterocycles. The second kappa shape index (κ2) is 12.8. The number of benzene rings is 9. The second-order valence-corrected chi connectivity index (χ2v) is 16.3. The van der Waals surface area contributed by atoms with Gasteiger partial charge in [-0.05, 0) is 121 Å². The average molecular weight is 743 g/mol. The van der Waals surface area contributed by atoms with E-state index in [4.69, 9.17) is 9.97 Å². The molecule has 0 amide bonds. The smallest absolute Gasteiger partial charge is 0.0979 e. The number of hydrogen-bond donors (Lipinski definition) is 0. The molecule has 3 heteroatoms. The third kappa shape index (κ3) is 5.31. The fourth-order valence-electron chi connectivity index (χ4n) is 9.06. The highest BCUT2D eigenvalue weighted by atomic mass is 32.1. The Morgan fingerprint density at radius 3 is 1.74 bits per heavy atom. The number of fused-ring (bicyclic) bond motifs is 11. The molecule has 0 atom stereocenters. The minimum atomic E-state index is 0.946. The van der Waals surface area contributed by atoms with Gasteiger partial charge < -0.3 is 0 Å². The summed E-state index contributed by atoms with van der Waals surface area (Å²) in [7, 11) is 0. The van der Waals surface area contributed by atoms with E-state index in [0.717, 1.165) is 40.3 Å².